The van der Waals surface area contributed by atoms with E-state index in [-0.39, 0.29) is 10.3 Å². The van der Waals surface area contributed by atoms with Gasteiger partial charge in [0.2, 0.25) is 0 Å². The third-order valence-corrected chi connectivity index (χ3v) is 3.92. The van der Waals surface area contributed by atoms with Gasteiger partial charge in [0, 0.05) is 12.6 Å². The van der Waals surface area contributed by atoms with Gasteiger partial charge in [-0.1, -0.05) is 30.1 Å². The lowest BCUT2D eigenvalue weighted by molar-refractivity contribution is -0.143. The maximum absolute atomic E-state index is 11.6. The largest absolute Gasteiger partial charge is 0.479 e. The van der Waals surface area contributed by atoms with E-state index in [4.69, 9.17) is 23.2 Å². The van der Waals surface area contributed by atoms with Crippen LogP contribution in [0.4, 0.5) is 5.69 Å². The Bertz CT molecular complexity index is 483. The first-order valence-corrected chi connectivity index (χ1v) is 6.46. The maximum Gasteiger partial charge on any atom is 0.329 e. The molecule has 0 amide bonds. The van der Waals surface area contributed by atoms with Crippen molar-refractivity contribution in [1.29, 1.82) is 0 Å². The van der Waals surface area contributed by atoms with E-state index >= 15 is 0 Å². The van der Waals surface area contributed by atoms with Crippen LogP contribution in [0.5, 0.6) is 0 Å². The molecule has 0 saturated carbocycles. The molecule has 1 atom stereocenters. The number of carbonyl (C=O) groups is 1. The van der Waals surface area contributed by atoms with Gasteiger partial charge in [-0.3, -0.25) is 0 Å². The molecule has 1 aromatic rings. The number of nitrogens with zero attached hydrogens (tertiary/aromatic N) is 3. The predicted octanol–water partition coefficient (Wildman–Crippen LogP) is 2.62. The summed E-state index contributed by atoms with van der Waals surface area (Å²) in [6.07, 6.45) is 1.89. The molecule has 98 valence electrons. The zero-order valence-corrected chi connectivity index (χ0v) is 11.4. The van der Waals surface area contributed by atoms with Crippen LogP contribution in [0.1, 0.15) is 26.2 Å². The SMILES string of the molecule is CCC1(C(=O)O)CCCN1c1cc(Cl)nnc1Cl. The summed E-state index contributed by atoms with van der Waals surface area (Å²) in [6, 6.07) is 1.57. The average molecular weight is 290 g/mol. The van der Waals surface area contributed by atoms with Crippen molar-refractivity contribution in [2.75, 3.05) is 11.4 Å². The van der Waals surface area contributed by atoms with Crippen molar-refractivity contribution in [3.63, 3.8) is 0 Å². The highest BCUT2D eigenvalue weighted by Gasteiger charge is 2.47. The molecule has 1 fully saturated rings. The Morgan fingerprint density at radius 3 is 2.89 bits per heavy atom. The zero-order chi connectivity index (χ0) is 13.3. The summed E-state index contributed by atoms with van der Waals surface area (Å²) in [5, 5.41) is 17.3. The topological polar surface area (TPSA) is 66.3 Å². The van der Waals surface area contributed by atoms with Crippen LogP contribution in [0.3, 0.4) is 0 Å². The standard InChI is InChI=1S/C11H13Cl2N3O2/c1-2-11(10(17)18)4-3-5-16(11)7-6-8(12)14-15-9(7)13/h6H,2-5H2,1H3,(H,17,18). The van der Waals surface area contributed by atoms with Gasteiger partial charge in [0.25, 0.3) is 0 Å². The van der Waals surface area contributed by atoms with Crippen molar-refractivity contribution in [1.82, 2.24) is 10.2 Å². The number of aromatic nitrogens is 2. The number of hydrogen-bond donors (Lipinski definition) is 1. The number of aliphatic carboxylic acids is 1. The van der Waals surface area contributed by atoms with E-state index in [0.29, 0.717) is 25.1 Å². The summed E-state index contributed by atoms with van der Waals surface area (Å²) >= 11 is 11.8. The number of rotatable bonds is 3. The van der Waals surface area contributed by atoms with Crippen LogP contribution < -0.4 is 4.90 Å². The fraction of sp³-hybridized carbons (Fsp3) is 0.545. The van der Waals surface area contributed by atoms with E-state index in [9.17, 15) is 9.90 Å². The Balaban J connectivity index is 2.48. The molecule has 0 radical (unpaired) electrons. The second-order valence-corrected chi connectivity index (χ2v) is 5.03. The average Bonchev–Trinajstić information content (AvgIpc) is 2.77. The lowest BCUT2D eigenvalue weighted by Gasteiger charge is -2.35. The van der Waals surface area contributed by atoms with E-state index in [1.807, 2.05) is 6.92 Å². The predicted molar refractivity (Wildman–Crippen MR) is 69.3 cm³/mol. The summed E-state index contributed by atoms with van der Waals surface area (Å²) in [5.74, 6) is -0.841. The lowest BCUT2D eigenvalue weighted by Crippen LogP contribution is -2.50. The van der Waals surface area contributed by atoms with Crippen LogP contribution in [0.2, 0.25) is 10.3 Å². The Morgan fingerprint density at radius 1 is 1.56 bits per heavy atom. The Hall–Kier alpha value is -1.07. The molecule has 2 heterocycles. The summed E-state index contributed by atoms with van der Waals surface area (Å²) in [5.41, 5.74) is -0.380. The molecule has 2 rings (SSSR count). The molecule has 1 aliphatic heterocycles. The second-order valence-electron chi connectivity index (χ2n) is 4.29. The fourth-order valence-corrected chi connectivity index (χ4v) is 2.84. The molecular formula is C11H13Cl2N3O2. The first-order chi connectivity index (χ1) is 8.51. The summed E-state index contributed by atoms with van der Waals surface area (Å²) in [7, 11) is 0. The fourth-order valence-electron chi connectivity index (χ4n) is 2.50. The van der Waals surface area contributed by atoms with Gasteiger partial charge in [-0.2, -0.15) is 0 Å². The van der Waals surface area contributed by atoms with Crippen molar-refractivity contribution in [3.05, 3.63) is 16.4 Å². The summed E-state index contributed by atoms with van der Waals surface area (Å²) < 4.78 is 0. The van der Waals surface area contributed by atoms with Gasteiger partial charge < -0.3 is 10.0 Å². The van der Waals surface area contributed by atoms with Crippen LogP contribution in [-0.4, -0.2) is 33.4 Å². The molecule has 7 heteroatoms. The molecule has 0 spiro atoms. The van der Waals surface area contributed by atoms with Crippen LogP contribution in [0.25, 0.3) is 0 Å². The van der Waals surface area contributed by atoms with Crippen molar-refractivity contribution in [2.45, 2.75) is 31.7 Å². The zero-order valence-electron chi connectivity index (χ0n) is 9.86. The van der Waals surface area contributed by atoms with Crippen LogP contribution in [0.15, 0.2) is 6.07 Å². The third-order valence-electron chi connectivity index (χ3n) is 3.46. The molecule has 0 aromatic carbocycles. The highest BCUT2D eigenvalue weighted by molar-refractivity contribution is 6.33. The van der Waals surface area contributed by atoms with Gasteiger partial charge in [-0.15, -0.1) is 10.2 Å². The minimum atomic E-state index is -0.921. The minimum absolute atomic E-state index is 0.181. The van der Waals surface area contributed by atoms with Gasteiger partial charge >= 0.3 is 5.97 Å². The second kappa shape index (κ2) is 4.90. The molecule has 18 heavy (non-hydrogen) atoms. The first-order valence-electron chi connectivity index (χ1n) is 5.71. The minimum Gasteiger partial charge on any atom is -0.479 e. The van der Waals surface area contributed by atoms with Crippen LogP contribution >= 0.6 is 23.2 Å². The molecule has 5 nitrogen and oxygen atoms in total. The van der Waals surface area contributed by atoms with Crippen LogP contribution in [-0.2, 0) is 4.79 Å². The Kier molecular flexibility index (Phi) is 3.64. The van der Waals surface area contributed by atoms with E-state index in [1.165, 1.54) is 0 Å². The van der Waals surface area contributed by atoms with E-state index in [2.05, 4.69) is 10.2 Å². The van der Waals surface area contributed by atoms with Gasteiger partial charge in [-0.25, -0.2) is 4.79 Å². The molecular weight excluding hydrogens is 277 g/mol. The number of halogens is 2. The van der Waals surface area contributed by atoms with Gasteiger partial charge in [0.15, 0.2) is 10.3 Å². The van der Waals surface area contributed by atoms with Crippen molar-refractivity contribution in [3.8, 4) is 0 Å². The maximum atomic E-state index is 11.6. The highest BCUT2D eigenvalue weighted by atomic mass is 35.5. The highest BCUT2D eigenvalue weighted by Crippen LogP contribution is 2.39. The van der Waals surface area contributed by atoms with Gasteiger partial charge in [0.05, 0.1) is 5.69 Å². The summed E-state index contributed by atoms with van der Waals surface area (Å²) in [4.78, 5) is 13.4. The molecule has 1 aliphatic rings. The number of carboxylic acid groups (broad SMARTS) is 1. The molecule has 1 saturated heterocycles. The molecule has 1 unspecified atom stereocenters. The number of hydrogen-bond acceptors (Lipinski definition) is 4. The normalized spacial score (nSPS) is 23.4. The number of carboxylic acids is 1. The molecule has 0 aliphatic carbocycles. The van der Waals surface area contributed by atoms with E-state index in [1.54, 1.807) is 11.0 Å². The quantitative estimate of drug-likeness (QED) is 0.927. The van der Waals surface area contributed by atoms with Gasteiger partial charge in [0.1, 0.15) is 5.54 Å². The monoisotopic (exact) mass is 289 g/mol. The molecule has 1 N–H and O–H groups in total. The van der Waals surface area contributed by atoms with Crippen molar-refractivity contribution >= 4 is 34.9 Å². The van der Waals surface area contributed by atoms with Crippen molar-refractivity contribution in [2.24, 2.45) is 0 Å². The van der Waals surface area contributed by atoms with Crippen molar-refractivity contribution < 1.29 is 9.90 Å². The van der Waals surface area contributed by atoms with E-state index in [0.717, 1.165) is 6.42 Å². The molecule has 0 bridgehead atoms. The van der Waals surface area contributed by atoms with Gasteiger partial charge in [-0.05, 0) is 19.3 Å². The summed E-state index contributed by atoms with van der Waals surface area (Å²) in [6.45, 7) is 2.48. The third kappa shape index (κ3) is 2.01. The molecule has 1 aromatic heterocycles. The lowest BCUT2D eigenvalue weighted by atomic mass is 9.93. The Labute approximate surface area is 115 Å². The van der Waals surface area contributed by atoms with E-state index < -0.39 is 11.5 Å². The number of anilines is 1. The smallest absolute Gasteiger partial charge is 0.329 e. The Morgan fingerprint density at radius 2 is 2.28 bits per heavy atom. The first kappa shape index (κ1) is 13.4. The van der Waals surface area contributed by atoms with Crippen LogP contribution in [0, 0.1) is 0 Å².